The van der Waals surface area contributed by atoms with Gasteiger partial charge in [0, 0.05) is 18.1 Å². The molecule has 10 atom stereocenters. The normalized spacial score (nSPS) is 30.9. The van der Waals surface area contributed by atoms with Crippen LogP contribution in [0.1, 0.15) is 70.9 Å². The van der Waals surface area contributed by atoms with Gasteiger partial charge in [0.25, 0.3) is 0 Å². The van der Waals surface area contributed by atoms with Crippen molar-refractivity contribution in [2.45, 2.75) is 146 Å². The fraction of sp³-hybridized carbons (Fsp3) is 0.933. The van der Waals surface area contributed by atoms with Gasteiger partial charge in [0.15, 0.2) is 12.6 Å². The smallest absolute Gasteiger partial charge is 0.189 e. The molecule has 0 radical (unpaired) electrons. The third-order valence-electron chi connectivity index (χ3n) is 8.24. The largest absolute Gasteiger partial charge is 0.388 e. The molecule has 0 saturated carbocycles. The van der Waals surface area contributed by atoms with E-state index in [9.17, 15) is 30.6 Å². The highest BCUT2D eigenvalue weighted by atomic mass is 16.8. The van der Waals surface area contributed by atoms with E-state index in [0.717, 1.165) is 38.5 Å². The number of rotatable bonds is 23. The van der Waals surface area contributed by atoms with Crippen LogP contribution in [0.4, 0.5) is 0 Å². The minimum absolute atomic E-state index is 0.113. The molecule has 0 aliphatic carbocycles. The van der Waals surface area contributed by atoms with E-state index in [0.29, 0.717) is 32.1 Å². The second-order valence-electron chi connectivity index (χ2n) is 12.2. The number of aliphatic hydroxyl groups is 6. The van der Waals surface area contributed by atoms with E-state index in [-0.39, 0.29) is 25.8 Å². The van der Waals surface area contributed by atoms with Gasteiger partial charge in [0.05, 0.1) is 45.2 Å². The molecular formula is C30H54N6O12. The highest BCUT2D eigenvalue weighted by Gasteiger charge is 2.49. The van der Waals surface area contributed by atoms with Crippen LogP contribution >= 0.6 is 0 Å². The van der Waals surface area contributed by atoms with Gasteiger partial charge < -0.3 is 59.1 Å². The summed E-state index contributed by atoms with van der Waals surface area (Å²) >= 11 is 0. The molecule has 3 rings (SSSR count). The molecule has 18 nitrogen and oxygen atoms in total. The number of hydrogen-bond acceptors (Lipinski definition) is 15. The maximum atomic E-state index is 10.6. The molecule has 0 amide bonds. The third kappa shape index (κ3) is 12.7. The number of aromatic nitrogens is 3. The summed E-state index contributed by atoms with van der Waals surface area (Å²) in [5.74, 6) is 0. The van der Waals surface area contributed by atoms with Crippen molar-refractivity contribution >= 4 is 0 Å². The topological polar surface area (TPSA) is 256 Å². The van der Waals surface area contributed by atoms with E-state index >= 15 is 0 Å². The average molecular weight is 691 g/mol. The highest BCUT2D eigenvalue weighted by Crippen LogP contribution is 2.29. The first kappa shape index (κ1) is 40.4. The Bertz CT molecular complexity index is 1050. The number of hydrogen-bond donors (Lipinski definition) is 6. The van der Waals surface area contributed by atoms with Gasteiger partial charge in [-0.15, -0.1) is 5.10 Å². The lowest BCUT2D eigenvalue weighted by Gasteiger charge is -2.44. The summed E-state index contributed by atoms with van der Waals surface area (Å²) in [6, 6.07) is 0. The molecule has 3 heterocycles. The number of aliphatic hydroxyl groups excluding tert-OH is 6. The molecular weight excluding hydrogens is 636 g/mol. The highest BCUT2D eigenvalue weighted by molar-refractivity contribution is 4.95. The van der Waals surface area contributed by atoms with Crippen LogP contribution in [0.3, 0.4) is 0 Å². The van der Waals surface area contributed by atoms with Crippen molar-refractivity contribution in [3.8, 4) is 0 Å². The van der Waals surface area contributed by atoms with Gasteiger partial charge in [-0.3, -0.25) is 0 Å². The molecule has 2 aliphatic rings. The van der Waals surface area contributed by atoms with E-state index < -0.39 is 61.4 Å². The van der Waals surface area contributed by atoms with Crippen LogP contribution < -0.4 is 0 Å². The fourth-order valence-corrected chi connectivity index (χ4v) is 5.33. The Balaban J connectivity index is 1.55. The lowest BCUT2D eigenvalue weighted by atomic mass is 9.97. The molecule has 18 heteroatoms. The molecule has 2 fully saturated rings. The second kappa shape index (κ2) is 21.9. The predicted molar refractivity (Wildman–Crippen MR) is 167 cm³/mol. The first-order valence-corrected chi connectivity index (χ1v) is 16.9. The van der Waals surface area contributed by atoms with Crippen molar-refractivity contribution < 1.29 is 59.1 Å². The molecule has 48 heavy (non-hydrogen) atoms. The van der Waals surface area contributed by atoms with E-state index in [2.05, 4.69) is 34.2 Å². The Hall–Kier alpha value is -2.03. The van der Waals surface area contributed by atoms with Crippen LogP contribution in [0.25, 0.3) is 10.4 Å². The summed E-state index contributed by atoms with van der Waals surface area (Å²) in [7, 11) is 0. The van der Waals surface area contributed by atoms with Gasteiger partial charge in [0.1, 0.15) is 54.5 Å². The van der Waals surface area contributed by atoms with Crippen molar-refractivity contribution in [3.05, 3.63) is 22.3 Å². The molecule has 2 saturated heterocycles. The molecule has 1 aromatic rings. The number of ether oxygens (including phenoxy) is 6. The second-order valence-corrected chi connectivity index (χ2v) is 12.2. The Morgan fingerprint density at radius 3 is 1.94 bits per heavy atom. The SMILES string of the molecule is CCCCCCOCC(COCCCCCC)OCc1cn(CC2O[C@H](O[C@H]3OC(CN=[N+]=[N-])[C@@H](O)C(O)C3O)C(O)C(O)[C@@H]2O)nn1. The first-order chi connectivity index (χ1) is 23.2. The minimum Gasteiger partial charge on any atom is -0.388 e. The summed E-state index contributed by atoms with van der Waals surface area (Å²) < 4.78 is 35.9. The summed E-state index contributed by atoms with van der Waals surface area (Å²) in [6.45, 7) is 5.99. The van der Waals surface area contributed by atoms with Crippen LogP contribution in [0.15, 0.2) is 11.3 Å². The maximum Gasteiger partial charge on any atom is 0.189 e. The van der Waals surface area contributed by atoms with Crippen LogP contribution in [-0.2, 0) is 41.6 Å². The summed E-state index contributed by atoms with van der Waals surface area (Å²) in [6.07, 6.45) is -5.71. The monoisotopic (exact) mass is 690 g/mol. The van der Waals surface area contributed by atoms with Crippen LogP contribution in [0.2, 0.25) is 0 Å². The number of nitrogens with zero attached hydrogens (tertiary/aromatic N) is 6. The Kier molecular flexibility index (Phi) is 18.5. The van der Waals surface area contributed by atoms with Crippen molar-refractivity contribution in [2.24, 2.45) is 5.11 Å². The molecule has 0 bridgehead atoms. The molecule has 6 N–H and O–H groups in total. The standard InChI is InChI=1S/C30H54N6O12/c1-3-5-7-9-11-43-17-20(18-44-12-10-8-6-4-2)45-16-19-14-36(35-33-19)15-22-24(38)26(40)28(42)30(47-22)48-29-27(41)25(39)23(37)21(46-29)13-32-34-31/h14,20-30,37-42H,3-13,15-18H2,1-2H3/t21?,22?,23-,24-,25?,26?,27?,28?,29-,30-/m1/s1. The van der Waals surface area contributed by atoms with Gasteiger partial charge in [-0.05, 0) is 18.4 Å². The Morgan fingerprint density at radius 1 is 0.812 bits per heavy atom. The van der Waals surface area contributed by atoms with Crippen molar-refractivity contribution in [2.75, 3.05) is 33.0 Å². The van der Waals surface area contributed by atoms with Gasteiger partial charge in [0.2, 0.25) is 0 Å². The zero-order valence-corrected chi connectivity index (χ0v) is 27.9. The average Bonchev–Trinajstić information content (AvgIpc) is 3.54. The van der Waals surface area contributed by atoms with Gasteiger partial charge in [-0.2, -0.15) is 0 Å². The molecule has 6 unspecified atom stereocenters. The maximum absolute atomic E-state index is 10.6. The summed E-state index contributed by atoms with van der Waals surface area (Å²) in [4.78, 5) is 2.59. The quantitative estimate of drug-likeness (QED) is 0.0391. The number of unbranched alkanes of at least 4 members (excludes halogenated alkanes) is 6. The van der Waals surface area contributed by atoms with Gasteiger partial charge in [-0.1, -0.05) is 62.7 Å². The minimum atomic E-state index is -1.78. The molecule has 2 aliphatic heterocycles. The lowest BCUT2D eigenvalue weighted by Crippen LogP contribution is -2.63. The fourth-order valence-electron chi connectivity index (χ4n) is 5.33. The van der Waals surface area contributed by atoms with Crippen molar-refractivity contribution in [1.29, 1.82) is 0 Å². The Labute approximate surface area is 280 Å². The van der Waals surface area contributed by atoms with E-state index in [1.165, 1.54) is 17.5 Å². The summed E-state index contributed by atoms with van der Waals surface area (Å²) in [5.41, 5.74) is 9.08. The molecule has 0 aromatic carbocycles. The molecule has 276 valence electrons. The van der Waals surface area contributed by atoms with Crippen LogP contribution in [-0.4, -0.2) is 146 Å². The van der Waals surface area contributed by atoms with Crippen molar-refractivity contribution in [3.63, 3.8) is 0 Å². The lowest BCUT2D eigenvalue weighted by molar-refractivity contribution is -0.373. The van der Waals surface area contributed by atoms with Crippen LogP contribution in [0.5, 0.6) is 0 Å². The van der Waals surface area contributed by atoms with E-state index in [1.54, 1.807) is 6.20 Å². The third-order valence-corrected chi connectivity index (χ3v) is 8.24. The summed E-state index contributed by atoms with van der Waals surface area (Å²) in [5, 5.41) is 74.0. The van der Waals surface area contributed by atoms with Gasteiger partial charge in [-0.25, -0.2) is 4.68 Å². The predicted octanol–water partition coefficient (Wildman–Crippen LogP) is 0.299. The zero-order chi connectivity index (χ0) is 34.9. The zero-order valence-electron chi connectivity index (χ0n) is 27.9. The van der Waals surface area contributed by atoms with Gasteiger partial charge >= 0.3 is 0 Å². The molecule has 0 spiro atoms. The van der Waals surface area contributed by atoms with E-state index in [1.807, 2.05) is 0 Å². The van der Waals surface area contributed by atoms with E-state index in [4.69, 9.17) is 34.0 Å². The Morgan fingerprint density at radius 2 is 1.38 bits per heavy atom. The first-order valence-electron chi connectivity index (χ1n) is 16.9. The van der Waals surface area contributed by atoms with Crippen LogP contribution in [0, 0.1) is 0 Å². The number of azide groups is 1. The van der Waals surface area contributed by atoms with Crippen molar-refractivity contribution in [1.82, 2.24) is 15.0 Å². The molecule has 1 aromatic heterocycles.